The van der Waals surface area contributed by atoms with E-state index in [4.69, 9.17) is 23.7 Å². The molecule has 1 heterocycles. The second kappa shape index (κ2) is 27.5. The molecule has 0 saturated carbocycles. The Kier molecular flexibility index (Phi) is 23.9. The van der Waals surface area contributed by atoms with Crippen LogP contribution < -0.4 is 0 Å². The van der Waals surface area contributed by atoms with Gasteiger partial charge in [-0.3, -0.25) is 14.5 Å². The molecule has 1 aromatic carbocycles. The minimum absolute atomic E-state index is 0.236. The van der Waals surface area contributed by atoms with E-state index in [9.17, 15) is 9.59 Å². The van der Waals surface area contributed by atoms with E-state index in [-0.39, 0.29) is 25.0 Å². The van der Waals surface area contributed by atoms with Crippen LogP contribution in [0.25, 0.3) is 0 Å². The average molecular weight is 620 g/mol. The zero-order valence-electron chi connectivity index (χ0n) is 27.7. The third-order valence-corrected chi connectivity index (χ3v) is 7.97. The molecule has 0 atom stereocenters. The Morgan fingerprint density at radius 1 is 0.432 bits per heavy atom. The van der Waals surface area contributed by atoms with Crippen LogP contribution in [0, 0.1) is 0 Å². The summed E-state index contributed by atoms with van der Waals surface area (Å²) in [6.45, 7) is 7.72. The van der Waals surface area contributed by atoms with Crippen molar-refractivity contribution in [2.24, 2.45) is 0 Å². The second-order valence-electron chi connectivity index (χ2n) is 11.7. The van der Waals surface area contributed by atoms with Gasteiger partial charge in [0, 0.05) is 6.61 Å². The smallest absolute Gasteiger partial charge is 0.261 e. The van der Waals surface area contributed by atoms with Gasteiger partial charge in [0.25, 0.3) is 11.8 Å². The molecule has 2 amide bonds. The summed E-state index contributed by atoms with van der Waals surface area (Å²) in [5, 5.41) is 0. The molecule has 1 aliphatic rings. The van der Waals surface area contributed by atoms with E-state index in [0.717, 1.165) is 13.0 Å². The van der Waals surface area contributed by atoms with E-state index in [1.165, 1.54) is 101 Å². The SMILES string of the molecule is CCCCCCCCCCCCCCCCCCOCCOCCOCCOCCOCCN1C(=O)c2ccccc2C1=O. The highest BCUT2D eigenvalue weighted by atomic mass is 16.6. The number of imide groups is 1. The maximum atomic E-state index is 12.3. The summed E-state index contributed by atoms with van der Waals surface area (Å²) < 4.78 is 27.7. The Hall–Kier alpha value is -1.84. The number of ether oxygens (including phenoxy) is 5. The number of hydrogen-bond donors (Lipinski definition) is 0. The molecule has 8 nitrogen and oxygen atoms in total. The first-order valence-electron chi connectivity index (χ1n) is 17.6. The van der Waals surface area contributed by atoms with Crippen LogP contribution in [0.15, 0.2) is 24.3 Å². The third-order valence-electron chi connectivity index (χ3n) is 7.97. The first-order valence-corrected chi connectivity index (χ1v) is 17.6. The van der Waals surface area contributed by atoms with Gasteiger partial charge in [-0.25, -0.2) is 0 Å². The van der Waals surface area contributed by atoms with Gasteiger partial charge in [0.1, 0.15) is 0 Å². The lowest BCUT2D eigenvalue weighted by molar-refractivity contribution is -0.0119. The Labute approximate surface area is 267 Å². The van der Waals surface area contributed by atoms with Crippen LogP contribution in [0.4, 0.5) is 0 Å². The Morgan fingerprint density at radius 2 is 0.750 bits per heavy atom. The van der Waals surface area contributed by atoms with Crippen molar-refractivity contribution in [1.82, 2.24) is 4.90 Å². The molecule has 0 saturated heterocycles. The molecule has 8 heteroatoms. The van der Waals surface area contributed by atoms with Gasteiger partial charge in [0.2, 0.25) is 0 Å². The van der Waals surface area contributed by atoms with Gasteiger partial charge < -0.3 is 23.7 Å². The largest absolute Gasteiger partial charge is 0.379 e. The number of hydrogen-bond acceptors (Lipinski definition) is 7. The molecule has 0 bridgehead atoms. The maximum Gasteiger partial charge on any atom is 0.261 e. The predicted octanol–water partition coefficient (Wildman–Crippen LogP) is 7.63. The second-order valence-corrected chi connectivity index (χ2v) is 11.7. The first kappa shape index (κ1) is 38.3. The molecule has 1 aliphatic heterocycles. The zero-order valence-corrected chi connectivity index (χ0v) is 27.7. The molecule has 0 N–H and O–H groups in total. The molecule has 1 aromatic rings. The molecule has 2 rings (SSSR count). The van der Waals surface area contributed by atoms with Gasteiger partial charge in [-0.1, -0.05) is 115 Å². The minimum atomic E-state index is -0.260. The number of fused-ring (bicyclic) bond motifs is 1. The molecule has 252 valence electrons. The van der Waals surface area contributed by atoms with Gasteiger partial charge in [-0.2, -0.15) is 0 Å². The van der Waals surface area contributed by atoms with Gasteiger partial charge in [-0.15, -0.1) is 0 Å². The van der Waals surface area contributed by atoms with Crippen LogP contribution in [-0.4, -0.2) is 89.3 Å². The minimum Gasteiger partial charge on any atom is -0.379 e. The van der Waals surface area contributed by atoms with Crippen molar-refractivity contribution in [2.75, 3.05) is 72.6 Å². The quantitative estimate of drug-likeness (QED) is 0.0606. The number of nitrogens with zero attached hydrogens (tertiary/aromatic N) is 1. The predicted molar refractivity (Wildman–Crippen MR) is 175 cm³/mol. The van der Waals surface area contributed by atoms with Crippen molar-refractivity contribution in [3.8, 4) is 0 Å². The van der Waals surface area contributed by atoms with E-state index in [1.807, 2.05) is 0 Å². The molecule has 44 heavy (non-hydrogen) atoms. The Bertz CT molecular complexity index is 815. The fraction of sp³-hybridized carbons (Fsp3) is 0.778. The maximum absolute atomic E-state index is 12.3. The molecular formula is C36H61NO7. The van der Waals surface area contributed by atoms with Crippen molar-refractivity contribution in [3.05, 3.63) is 35.4 Å². The molecular weight excluding hydrogens is 558 g/mol. The summed E-state index contributed by atoms with van der Waals surface area (Å²) in [6.07, 6.45) is 22.1. The van der Waals surface area contributed by atoms with E-state index in [1.54, 1.807) is 24.3 Å². The summed E-state index contributed by atoms with van der Waals surface area (Å²) in [4.78, 5) is 25.8. The summed E-state index contributed by atoms with van der Waals surface area (Å²) in [6, 6.07) is 6.87. The molecule has 0 aliphatic carbocycles. The molecule has 0 unspecified atom stereocenters. The zero-order chi connectivity index (χ0) is 31.3. The summed E-state index contributed by atoms with van der Waals surface area (Å²) in [5.41, 5.74) is 0.917. The van der Waals surface area contributed by atoms with Crippen molar-refractivity contribution in [1.29, 1.82) is 0 Å². The van der Waals surface area contributed by atoms with Gasteiger partial charge in [0.05, 0.1) is 77.1 Å². The summed E-state index contributed by atoms with van der Waals surface area (Å²) in [7, 11) is 0. The van der Waals surface area contributed by atoms with E-state index >= 15 is 0 Å². The lowest BCUT2D eigenvalue weighted by Crippen LogP contribution is -2.33. The highest BCUT2D eigenvalue weighted by Crippen LogP contribution is 2.22. The van der Waals surface area contributed by atoms with E-state index < -0.39 is 0 Å². The lowest BCUT2D eigenvalue weighted by Gasteiger charge is -2.13. The summed E-state index contributed by atoms with van der Waals surface area (Å²) >= 11 is 0. The molecule has 0 radical (unpaired) electrons. The van der Waals surface area contributed by atoms with Crippen molar-refractivity contribution in [2.45, 2.75) is 110 Å². The fourth-order valence-electron chi connectivity index (χ4n) is 5.33. The van der Waals surface area contributed by atoms with Crippen LogP contribution in [0.5, 0.6) is 0 Å². The van der Waals surface area contributed by atoms with Crippen molar-refractivity contribution < 1.29 is 33.3 Å². The summed E-state index contributed by atoms with van der Waals surface area (Å²) in [5.74, 6) is -0.519. The van der Waals surface area contributed by atoms with Crippen molar-refractivity contribution in [3.63, 3.8) is 0 Å². The van der Waals surface area contributed by atoms with Crippen LogP contribution in [0.3, 0.4) is 0 Å². The van der Waals surface area contributed by atoms with E-state index in [2.05, 4.69) is 6.92 Å². The molecule has 0 spiro atoms. The number of benzene rings is 1. The Morgan fingerprint density at radius 3 is 1.14 bits per heavy atom. The van der Waals surface area contributed by atoms with Gasteiger partial charge in [-0.05, 0) is 18.6 Å². The number of amides is 2. The van der Waals surface area contributed by atoms with Crippen LogP contribution in [-0.2, 0) is 23.7 Å². The van der Waals surface area contributed by atoms with Crippen LogP contribution in [0.1, 0.15) is 130 Å². The molecule has 0 fully saturated rings. The lowest BCUT2D eigenvalue weighted by atomic mass is 10.0. The highest BCUT2D eigenvalue weighted by molar-refractivity contribution is 6.21. The highest BCUT2D eigenvalue weighted by Gasteiger charge is 2.34. The molecule has 0 aromatic heterocycles. The first-order chi connectivity index (χ1) is 21.8. The number of rotatable bonds is 32. The normalized spacial score (nSPS) is 12.9. The number of carbonyl (C=O) groups is 2. The van der Waals surface area contributed by atoms with E-state index in [0.29, 0.717) is 64.0 Å². The fourth-order valence-corrected chi connectivity index (χ4v) is 5.33. The third kappa shape index (κ3) is 18.2. The van der Waals surface area contributed by atoms with Crippen LogP contribution in [0.2, 0.25) is 0 Å². The number of carbonyl (C=O) groups excluding carboxylic acids is 2. The standard InChI is InChI=1S/C36H61NO7/c1-2-3-4-5-6-7-8-9-10-11-12-13-14-15-16-19-23-40-25-27-42-29-31-44-32-30-43-28-26-41-24-22-37-35(38)33-20-17-18-21-34(33)36(37)39/h17-18,20-21H,2-16,19,22-32H2,1H3. The van der Waals surface area contributed by atoms with Gasteiger partial charge >= 0.3 is 0 Å². The van der Waals surface area contributed by atoms with Gasteiger partial charge in [0.15, 0.2) is 0 Å². The van der Waals surface area contributed by atoms with Crippen molar-refractivity contribution >= 4 is 11.8 Å². The Balaban J connectivity index is 1.19. The number of unbranched alkanes of at least 4 members (excludes halogenated alkanes) is 15. The van der Waals surface area contributed by atoms with Crippen LogP contribution >= 0.6 is 0 Å². The average Bonchev–Trinajstić information content (AvgIpc) is 3.28. The monoisotopic (exact) mass is 619 g/mol. The topological polar surface area (TPSA) is 83.5 Å².